The molecule has 136 valence electrons. The van der Waals surface area contributed by atoms with Gasteiger partial charge in [-0.05, 0) is 30.7 Å². The van der Waals surface area contributed by atoms with Crippen LogP contribution in [-0.2, 0) is 9.59 Å². The lowest BCUT2D eigenvalue weighted by Gasteiger charge is -2.23. The smallest absolute Gasteiger partial charge is 0.264 e. The van der Waals surface area contributed by atoms with E-state index < -0.39 is 0 Å². The van der Waals surface area contributed by atoms with E-state index in [1.807, 2.05) is 30.3 Å². The molecule has 1 aliphatic heterocycles. The van der Waals surface area contributed by atoms with Crippen molar-refractivity contribution in [3.8, 4) is 5.75 Å². The number of fused-ring (bicyclic) bond motifs is 1. The third-order valence-corrected chi connectivity index (χ3v) is 5.33. The molecule has 1 aliphatic rings. The van der Waals surface area contributed by atoms with Gasteiger partial charge in [0.05, 0.1) is 11.4 Å². The minimum atomic E-state index is -0.181. The van der Waals surface area contributed by atoms with Crippen LogP contribution >= 0.6 is 11.8 Å². The standard InChI is InChI=1S/C20H22N2O3S/c1-14-11-12-22(17-8-4-6-10-19(17)26-14)20(24)13-25-18-9-5-3-7-16(18)21-15(2)23/h3-10,14H,11-13H2,1-2H3,(H,21,23)/t14-/m0/s1. The van der Waals surface area contributed by atoms with Crippen molar-refractivity contribution in [1.82, 2.24) is 0 Å². The van der Waals surface area contributed by atoms with Gasteiger partial charge in [-0.25, -0.2) is 0 Å². The molecule has 0 aliphatic carbocycles. The fraction of sp³-hybridized carbons (Fsp3) is 0.300. The second-order valence-corrected chi connectivity index (χ2v) is 7.68. The van der Waals surface area contributed by atoms with Gasteiger partial charge in [-0.15, -0.1) is 11.8 Å². The molecule has 0 saturated carbocycles. The Kier molecular flexibility index (Phi) is 5.83. The highest BCUT2D eigenvalue weighted by atomic mass is 32.2. The van der Waals surface area contributed by atoms with Crippen LogP contribution in [0.2, 0.25) is 0 Å². The first kappa shape index (κ1) is 18.3. The Morgan fingerprint density at radius 1 is 1.19 bits per heavy atom. The first-order valence-corrected chi connectivity index (χ1v) is 9.48. The summed E-state index contributed by atoms with van der Waals surface area (Å²) in [6.45, 7) is 4.20. The Hall–Kier alpha value is -2.47. The van der Waals surface area contributed by atoms with Crippen molar-refractivity contribution in [2.75, 3.05) is 23.4 Å². The number of rotatable bonds is 4. The predicted octanol–water partition coefficient (Wildman–Crippen LogP) is 3.94. The van der Waals surface area contributed by atoms with E-state index in [0.717, 1.165) is 17.0 Å². The number of nitrogens with one attached hydrogen (secondary N) is 1. The molecule has 2 amide bonds. The van der Waals surface area contributed by atoms with E-state index in [1.165, 1.54) is 6.92 Å². The summed E-state index contributed by atoms with van der Waals surface area (Å²) in [6.07, 6.45) is 0.924. The number of carbonyl (C=O) groups excluding carboxylic acids is 2. The maximum absolute atomic E-state index is 12.8. The molecule has 0 aromatic heterocycles. The third-order valence-electron chi connectivity index (χ3n) is 4.09. The number of nitrogens with zero attached hydrogens (tertiary/aromatic N) is 1. The average Bonchev–Trinajstić information content (AvgIpc) is 2.78. The fourth-order valence-electron chi connectivity index (χ4n) is 2.85. The highest BCUT2D eigenvalue weighted by molar-refractivity contribution is 8.00. The van der Waals surface area contributed by atoms with Crippen LogP contribution in [0.15, 0.2) is 53.4 Å². The van der Waals surface area contributed by atoms with Crippen molar-refractivity contribution in [3.63, 3.8) is 0 Å². The third kappa shape index (κ3) is 4.38. The Labute approximate surface area is 157 Å². The van der Waals surface area contributed by atoms with E-state index in [4.69, 9.17) is 4.74 Å². The molecule has 0 fully saturated rings. The first-order valence-electron chi connectivity index (χ1n) is 8.60. The van der Waals surface area contributed by atoms with Crippen molar-refractivity contribution in [3.05, 3.63) is 48.5 Å². The number of thioether (sulfide) groups is 1. The van der Waals surface area contributed by atoms with Crippen molar-refractivity contribution >= 4 is 35.0 Å². The molecule has 1 atom stereocenters. The molecule has 0 bridgehead atoms. The number of benzene rings is 2. The highest BCUT2D eigenvalue weighted by Gasteiger charge is 2.24. The Bertz CT molecular complexity index is 809. The van der Waals surface area contributed by atoms with E-state index in [2.05, 4.69) is 18.3 Å². The summed E-state index contributed by atoms with van der Waals surface area (Å²) in [5, 5.41) is 3.17. The second kappa shape index (κ2) is 8.27. The summed E-state index contributed by atoms with van der Waals surface area (Å²) in [6, 6.07) is 15.1. The van der Waals surface area contributed by atoms with Gasteiger partial charge in [-0.2, -0.15) is 0 Å². The van der Waals surface area contributed by atoms with E-state index in [1.54, 1.807) is 28.8 Å². The van der Waals surface area contributed by atoms with Crippen LogP contribution in [0.4, 0.5) is 11.4 Å². The normalized spacial score (nSPS) is 16.4. The number of hydrogen-bond acceptors (Lipinski definition) is 4. The van der Waals surface area contributed by atoms with Crippen LogP contribution in [0.25, 0.3) is 0 Å². The fourth-order valence-corrected chi connectivity index (χ4v) is 3.96. The van der Waals surface area contributed by atoms with E-state index >= 15 is 0 Å². The second-order valence-electron chi connectivity index (χ2n) is 6.20. The topological polar surface area (TPSA) is 58.6 Å². The van der Waals surface area contributed by atoms with Gasteiger partial charge in [0.25, 0.3) is 5.91 Å². The number of para-hydroxylation sites is 3. The molecule has 0 saturated heterocycles. The summed E-state index contributed by atoms with van der Waals surface area (Å²) >= 11 is 1.80. The minimum Gasteiger partial charge on any atom is -0.482 e. The first-order chi connectivity index (χ1) is 12.5. The summed E-state index contributed by atoms with van der Waals surface area (Å²) in [4.78, 5) is 27.1. The van der Waals surface area contributed by atoms with E-state index in [0.29, 0.717) is 23.2 Å². The quantitative estimate of drug-likeness (QED) is 0.886. The average molecular weight is 370 g/mol. The zero-order valence-corrected chi connectivity index (χ0v) is 15.7. The summed E-state index contributed by atoms with van der Waals surface area (Å²) < 4.78 is 5.72. The molecular formula is C20H22N2O3S. The minimum absolute atomic E-state index is 0.0794. The molecule has 2 aromatic rings. The SMILES string of the molecule is CC(=O)Nc1ccccc1OCC(=O)N1CC[C@H](C)Sc2ccccc21. The molecule has 0 spiro atoms. The largest absolute Gasteiger partial charge is 0.482 e. The molecule has 0 unspecified atom stereocenters. The van der Waals surface area contributed by atoms with Gasteiger partial charge in [0, 0.05) is 23.6 Å². The number of anilines is 2. The Morgan fingerprint density at radius 2 is 1.92 bits per heavy atom. The van der Waals surface area contributed by atoms with Crippen molar-refractivity contribution in [2.45, 2.75) is 30.4 Å². The highest BCUT2D eigenvalue weighted by Crippen LogP contribution is 2.37. The van der Waals surface area contributed by atoms with Crippen molar-refractivity contribution in [2.24, 2.45) is 0 Å². The molecule has 1 N–H and O–H groups in total. The lowest BCUT2D eigenvalue weighted by molar-refractivity contribution is -0.120. The molecule has 26 heavy (non-hydrogen) atoms. The maximum Gasteiger partial charge on any atom is 0.264 e. The molecule has 0 radical (unpaired) electrons. The Balaban J connectivity index is 1.74. The molecular weight excluding hydrogens is 348 g/mol. The summed E-state index contributed by atoms with van der Waals surface area (Å²) in [5.74, 6) is 0.214. The van der Waals surface area contributed by atoms with Gasteiger partial charge in [0.1, 0.15) is 5.75 Å². The zero-order chi connectivity index (χ0) is 18.5. The monoisotopic (exact) mass is 370 g/mol. The number of amides is 2. The predicted molar refractivity (Wildman–Crippen MR) is 105 cm³/mol. The number of hydrogen-bond donors (Lipinski definition) is 1. The van der Waals surface area contributed by atoms with Crippen LogP contribution in [0, 0.1) is 0 Å². The van der Waals surface area contributed by atoms with Gasteiger partial charge in [0.2, 0.25) is 5.91 Å². The zero-order valence-electron chi connectivity index (χ0n) is 14.9. The maximum atomic E-state index is 12.8. The number of carbonyl (C=O) groups is 2. The van der Waals surface area contributed by atoms with Gasteiger partial charge >= 0.3 is 0 Å². The van der Waals surface area contributed by atoms with Crippen LogP contribution in [0.3, 0.4) is 0 Å². The van der Waals surface area contributed by atoms with Gasteiger partial charge < -0.3 is 15.0 Å². The molecule has 2 aromatic carbocycles. The molecule has 5 nitrogen and oxygen atoms in total. The molecule has 6 heteroatoms. The van der Waals surface area contributed by atoms with E-state index in [-0.39, 0.29) is 18.4 Å². The lowest BCUT2D eigenvalue weighted by Crippen LogP contribution is -2.36. The molecule has 1 heterocycles. The van der Waals surface area contributed by atoms with Crippen LogP contribution < -0.4 is 15.0 Å². The lowest BCUT2D eigenvalue weighted by atomic mass is 10.2. The summed E-state index contributed by atoms with van der Waals surface area (Å²) in [7, 11) is 0. The van der Waals surface area contributed by atoms with Crippen LogP contribution in [0.1, 0.15) is 20.3 Å². The number of ether oxygens (including phenoxy) is 1. The van der Waals surface area contributed by atoms with Gasteiger partial charge in [-0.1, -0.05) is 31.2 Å². The molecule has 3 rings (SSSR count). The van der Waals surface area contributed by atoms with Crippen molar-refractivity contribution < 1.29 is 14.3 Å². The van der Waals surface area contributed by atoms with Crippen LogP contribution in [0.5, 0.6) is 5.75 Å². The van der Waals surface area contributed by atoms with Gasteiger partial charge in [-0.3, -0.25) is 9.59 Å². The van der Waals surface area contributed by atoms with E-state index in [9.17, 15) is 9.59 Å². The summed E-state index contributed by atoms with van der Waals surface area (Å²) in [5.41, 5.74) is 1.50. The van der Waals surface area contributed by atoms with Crippen LogP contribution in [-0.4, -0.2) is 30.2 Å². The van der Waals surface area contributed by atoms with Gasteiger partial charge in [0.15, 0.2) is 6.61 Å². The van der Waals surface area contributed by atoms with Crippen molar-refractivity contribution in [1.29, 1.82) is 0 Å². The Morgan fingerprint density at radius 3 is 2.73 bits per heavy atom.